The van der Waals surface area contributed by atoms with Crippen molar-refractivity contribution >= 4 is 22.7 Å². The third-order valence-electron chi connectivity index (χ3n) is 6.88. The molecule has 6 rings (SSSR count). The monoisotopic (exact) mass is 417 g/mol. The number of nitrogens with one attached hydrogen (secondary N) is 3. The predicted octanol–water partition coefficient (Wildman–Crippen LogP) is 2.43. The SMILES string of the molecule is CNC(=O)c1cc(C(=O)NC2C3COCC32)cc2c1OCC2c1cccc2[nH]ccc12. The maximum absolute atomic E-state index is 13.1. The number of fused-ring (bicyclic) bond motifs is 3. The van der Waals surface area contributed by atoms with Crippen LogP contribution < -0.4 is 15.4 Å². The molecule has 1 aliphatic carbocycles. The first-order chi connectivity index (χ1) is 15.2. The average Bonchev–Trinajstić information content (AvgIpc) is 3.29. The molecule has 1 saturated carbocycles. The third kappa shape index (κ3) is 2.84. The molecule has 1 saturated heterocycles. The zero-order chi connectivity index (χ0) is 21.1. The van der Waals surface area contributed by atoms with E-state index in [2.05, 4.69) is 21.7 Å². The summed E-state index contributed by atoms with van der Waals surface area (Å²) >= 11 is 0. The molecule has 2 aliphatic heterocycles. The molecule has 158 valence electrons. The van der Waals surface area contributed by atoms with Crippen LogP contribution >= 0.6 is 0 Å². The van der Waals surface area contributed by atoms with Gasteiger partial charge in [0.25, 0.3) is 11.8 Å². The Balaban J connectivity index is 1.40. The summed E-state index contributed by atoms with van der Waals surface area (Å²) in [6, 6.07) is 11.9. The van der Waals surface area contributed by atoms with Crippen molar-refractivity contribution in [1.29, 1.82) is 0 Å². The molecule has 0 radical (unpaired) electrons. The fourth-order valence-electron chi connectivity index (χ4n) is 5.12. The van der Waals surface area contributed by atoms with E-state index in [1.165, 1.54) is 0 Å². The van der Waals surface area contributed by atoms with Gasteiger partial charge < -0.3 is 25.1 Å². The topological polar surface area (TPSA) is 92.5 Å². The highest BCUT2D eigenvalue weighted by Gasteiger charge is 2.54. The van der Waals surface area contributed by atoms with Gasteiger partial charge in [-0.05, 0) is 29.8 Å². The molecule has 3 aromatic rings. The second-order valence-electron chi connectivity index (χ2n) is 8.54. The van der Waals surface area contributed by atoms with Crippen LogP contribution in [0.5, 0.6) is 5.75 Å². The van der Waals surface area contributed by atoms with E-state index in [0.717, 1.165) is 22.0 Å². The Labute approximate surface area is 179 Å². The van der Waals surface area contributed by atoms with E-state index in [1.54, 1.807) is 13.1 Å². The number of aromatic nitrogens is 1. The van der Waals surface area contributed by atoms with Gasteiger partial charge in [0.1, 0.15) is 5.75 Å². The molecule has 3 N–H and O–H groups in total. The van der Waals surface area contributed by atoms with Gasteiger partial charge in [-0.2, -0.15) is 0 Å². The van der Waals surface area contributed by atoms with Crippen molar-refractivity contribution in [3.8, 4) is 5.75 Å². The minimum absolute atomic E-state index is 0.0561. The first-order valence-corrected chi connectivity index (χ1v) is 10.6. The van der Waals surface area contributed by atoms with Crippen molar-refractivity contribution in [2.24, 2.45) is 11.8 Å². The van der Waals surface area contributed by atoms with E-state index in [0.29, 0.717) is 48.5 Å². The largest absolute Gasteiger partial charge is 0.491 e. The molecule has 0 spiro atoms. The van der Waals surface area contributed by atoms with Gasteiger partial charge in [-0.15, -0.1) is 0 Å². The quantitative estimate of drug-likeness (QED) is 0.608. The van der Waals surface area contributed by atoms with Crippen molar-refractivity contribution in [2.75, 3.05) is 26.9 Å². The summed E-state index contributed by atoms with van der Waals surface area (Å²) < 4.78 is 11.4. The Morgan fingerprint density at radius 2 is 1.87 bits per heavy atom. The molecule has 3 unspecified atom stereocenters. The molecule has 31 heavy (non-hydrogen) atoms. The van der Waals surface area contributed by atoms with E-state index in [1.807, 2.05) is 30.5 Å². The number of rotatable bonds is 4. The second-order valence-corrected chi connectivity index (χ2v) is 8.54. The lowest BCUT2D eigenvalue weighted by molar-refractivity contribution is 0.0929. The summed E-state index contributed by atoms with van der Waals surface area (Å²) in [6.45, 7) is 1.85. The van der Waals surface area contributed by atoms with E-state index in [-0.39, 0.29) is 23.8 Å². The number of aromatic amines is 1. The molecule has 7 heteroatoms. The molecule has 3 atom stereocenters. The average molecular weight is 417 g/mol. The van der Waals surface area contributed by atoms with Gasteiger partial charge in [-0.3, -0.25) is 9.59 Å². The van der Waals surface area contributed by atoms with Crippen molar-refractivity contribution < 1.29 is 19.1 Å². The van der Waals surface area contributed by atoms with Crippen molar-refractivity contribution in [3.63, 3.8) is 0 Å². The highest BCUT2D eigenvalue weighted by molar-refractivity contribution is 6.02. The highest BCUT2D eigenvalue weighted by atomic mass is 16.5. The summed E-state index contributed by atoms with van der Waals surface area (Å²) in [4.78, 5) is 28.9. The summed E-state index contributed by atoms with van der Waals surface area (Å²) in [7, 11) is 1.58. The van der Waals surface area contributed by atoms with Crippen molar-refractivity contribution in [2.45, 2.75) is 12.0 Å². The van der Waals surface area contributed by atoms with Gasteiger partial charge in [0.15, 0.2) is 0 Å². The number of H-pyrrole nitrogens is 1. The molecular weight excluding hydrogens is 394 g/mol. The van der Waals surface area contributed by atoms with E-state index in [9.17, 15) is 9.59 Å². The molecular formula is C24H23N3O4. The number of hydrogen-bond donors (Lipinski definition) is 3. The van der Waals surface area contributed by atoms with Crippen LogP contribution in [0.3, 0.4) is 0 Å². The zero-order valence-corrected chi connectivity index (χ0v) is 17.1. The predicted molar refractivity (Wildman–Crippen MR) is 115 cm³/mol. The fraction of sp³-hybridized carbons (Fsp3) is 0.333. The summed E-state index contributed by atoms with van der Waals surface area (Å²) in [6.07, 6.45) is 1.92. The molecule has 2 fully saturated rings. The Morgan fingerprint density at radius 3 is 2.68 bits per heavy atom. The Hall–Kier alpha value is -3.32. The van der Waals surface area contributed by atoms with Crippen molar-refractivity contribution in [3.05, 3.63) is 64.8 Å². The molecule has 2 amide bonds. The number of hydrogen-bond acceptors (Lipinski definition) is 4. The van der Waals surface area contributed by atoms with Crippen LogP contribution in [-0.2, 0) is 4.74 Å². The van der Waals surface area contributed by atoms with Crippen LogP contribution in [-0.4, -0.2) is 49.7 Å². The number of amides is 2. The molecule has 1 aromatic heterocycles. The first kappa shape index (κ1) is 18.4. The van der Waals surface area contributed by atoms with Crippen LogP contribution in [0.25, 0.3) is 10.9 Å². The Morgan fingerprint density at radius 1 is 1.03 bits per heavy atom. The maximum Gasteiger partial charge on any atom is 0.254 e. The van der Waals surface area contributed by atoms with Crippen molar-refractivity contribution in [1.82, 2.24) is 15.6 Å². The molecule has 3 aliphatic rings. The van der Waals surface area contributed by atoms with E-state index in [4.69, 9.17) is 9.47 Å². The lowest BCUT2D eigenvalue weighted by atomic mass is 9.88. The van der Waals surface area contributed by atoms with Crippen LogP contribution in [0.4, 0.5) is 0 Å². The van der Waals surface area contributed by atoms with Gasteiger partial charge in [0.2, 0.25) is 0 Å². The number of carbonyl (C=O) groups excluding carboxylic acids is 2. The summed E-state index contributed by atoms with van der Waals surface area (Å²) in [5.41, 5.74) is 3.92. The van der Waals surface area contributed by atoms with E-state index < -0.39 is 0 Å². The van der Waals surface area contributed by atoms with Crippen LogP contribution in [0, 0.1) is 11.8 Å². The molecule has 2 aromatic carbocycles. The van der Waals surface area contributed by atoms with Crippen LogP contribution in [0.2, 0.25) is 0 Å². The van der Waals surface area contributed by atoms with Crippen LogP contribution in [0.15, 0.2) is 42.6 Å². The van der Waals surface area contributed by atoms with Gasteiger partial charge in [-0.25, -0.2) is 0 Å². The summed E-state index contributed by atoms with van der Waals surface area (Å²) in [5.74, 6) is 0.920. The van der Waals surface area contributed by atoms with Crippen LogP contribution in [0.1, 0.15) is 37.8 Å². The number of benzene rings is 2. The minimum Gasteiger partial charge on any atom is -0.491 e. The smallest absolute Gasteiger partial charge is 0.254 e. The number of carbonyl (C=O) groups is 2. The third-order valence-corrected chi connectivity index (χ3v) is 6.88. The lowest BCUT2D eigenvalue weighted by Crippen LogP contribution is -2.30. The summed E-state index contributed by atoms with van der Waals surface area (Å²) in [5, 5.41) is 6.92. The zero-order valence-electron chi connectivity index (χ0n) is 17.1. The maximum atomic E-state index is 13.1. The fourth-order valence-corrected chi connectivity index (χ4v) is 5.12. The standard InChI is InChI=1S/C24H23N3O4/c1-25-24(29)16-8-12(23(28)27-21-18-9-30-10-19(18)21)7-15-17(11-31-22(15)16)13-3-2-4-20-14(13)5-6-26-20/h2-8,17-19,21,26H,9-11H2,1H3,(H,25,29)(H,27,28). The molecule has 0 bridgehead atoms. The van der Waals surface area contributed by atoms with Gasteiger partial charge in [0, 0.05) is 59.1 Å². The van der Waals surface area contributed by atoms with E-state index >= 15 is 0 Å². The number of ether oxygens (including phenoxy) is 2. The molecule has 3 heterocycles. The molecule has 7 nitrogen and oxygen atoms in total. The normalized spacial score (nSPS) is 25.6. The first-order valence-electron chi connectivity index (χ1n) is 10.6. The second kappa shape index (κ2) is 6.85. The van der Waals surface area contributed by atoms with Gasteiger partial charge in [0.05, 0.1) is 25.4 Å². The van der Waals surface area contributed by atoms with Gasteiger partial charge in [-0.1, -0.05) is 12.1 Å². The Kier molecular flexibility index (Phi) is 4.08. The minimum atomic E-state index is -0.261. The lowest BCUT2D eigenvalue weighted by Gasteiger charge is -2.14. The van der Waals surface area contributed by atoms with Gasteiger partial charge >= 0.3 is 0 Å². The Bertz CT molecular complexity index is 1210. The highest BCUT2D eigenvalue weighted by Crippen LogP contribution is 2.45.